The van der Waals surface area contributed by atoms with Crippen molar-refractivity contribution in [1.29, 1.82) is 0 Å². The predicted octanol–water partition coefficient (Wildman–Crippen LogP) is 2.39. The number of hydrogen-bond donors (Lipinski definition) is 2. The van der Waals surface area contributed by atoms with E-state index in [1.807, 2.05) is 24.3 Å². The number of carbonyl (C=O) groups excluding carboxylic acids is 1. The summed E-state index contributed by atoms with van der Waals surface area (Å²) in [5, 5.41) is 11.9. The molecule has 0 aromatic heterocycles. The Labute approximate surface area is 130 Å². The highest BCUT2D eigenvalue weighted by atomic mass is 16.5. The molecule has 2 rings (SSSR count). The van der Waals surface area contributed by atoms with Gasteiger partial charge in [0, 0.05) is 0 Å². The summed E-state index contributed by atoms with van der Waals surface area (Å²) >= 11 is 0. The first-order valence-corrected chi connectivity index (χ1v) is 7.67. The van der Waals surface area contributed by atoms with Gasteiger partial charge in [0.15, 0.2) is 0 Å². The summed E-state index contributed by atoms with van der Waals surface area (Å²) in [6.07, 6.45) is 2.04. The molecule has 2 N–H and O–H groups in total. The number of nitrogens with one attached hydrogen (secondary N) is 1. The van der Waals surface area contributed by atoms with Crippen LogP contribution in [-0.4, -0.2) is 29.1 Å². The van der Waals surface area contributed by atoms with Crippen LogP contribution in [0.15, 0.2) is 24.3 Å². The van der Waals surface area contributed by atoms with Crippen LogP contribution in [0.3, 0.4) is 0 Å². The average molecular weight is 305 g/mol. The largest absolute Gasteiger partial charge is 0.493 e. The SMILES string of the molecule is CC(C)COc1ccc(CC(=O)NC2(C(=O)O)CCC2)cc1. The lowest BCUT2D eigenvalue weighted by atomic mass is 9.76. The number of benzene rings is 1. The molecule has 1 aromatic carbocycles. The van der Waals surface area contributed by atoms with E-state index in [2.05, 4.69) is 19.2 Å². The van der Waals surface area contributed by atoms with Gasteiger partial charge in [0.25, 0.3) is 0 Å². The fraction of sp³-hybridized carbons (Fsp3) is 0.529. The minimum Gasteiger partial charge on any atom is -0.493 e. The quantitative estimate of drug-likeness (QED) is 0.811. The van der Waals surface area contributed by atoms with Crippen LogP contribution in [0.2, 0.25) is 0 Å². The Morgan fingerprint density at radius 3 is 2.36 bits per heavy atom. The van der Waals surface area contributed by atoms with E-state index in [9.17, 15) is 14.7 Å². The Kier molecular flexibility index (Phi) is 5.06. The fourth-order valence-corrected chi connectivity index (χ4v) is 2.39. The molecule has 0 bridgehead atoms. The number of carboxylic acid groups (broad SMARTS) is 1. The first kappa shape index (κ1) is 16.3. The van der Waals surface area contributed by atoms with Gasteiger partial charge >= 0.3 is 5.97 Å². The zero-order valence-corrected chi connectivity index (χ0v) is 13.1. The topological polar surface area (TPSA) is 75.6 Å². The highest BCUT2D eigenvalue weighted by Gasteiger charge is 2.45. The summed E-state index contributed by atoms with van der Waals surface area (Å²) < 4.78 is 5.59. The summed E-state index contributed by atoms with van der Waals surface area (Å²) in [5.74, 6) is 0.0430. The Hall–Kier alpha value is -2.04. The molecule has 1 aromatic rings. The van der Waals surface area contributed by atoms with Gasteiger partial charge in [-0.05, 0) is 42.9 Å². The highest BCUT2D eigenvalue weighted by Crippen LogP contribution is 2.32. The molecule has 1 aliphatic rings. The van der Waals surface area contributed by atoms with Gasteiger partial charge in [-0.25, -0.2) is 4.79 Å². The van der Waals surface area contributed by atoms with Crippen LogP contribution < -0.4 is 10.1 Å². The fourth-order valence-electron chi connectivity index (χ4n) is 2.39. The van der Waals surface area contributed by atoms with E-state index in [-0.39, 0.29) is 12.3 Å². The van der Waals surface area contributed by atoms with E-state index >= 15 is 0 Å². The molecule has 0 atom stereocenters. The number of hydrogen-bond acceptors (Lipinski definition) is 3. The molecular weight excluding hydrogens is 282 g/mol. The second-order valence-electron chi connectivity index (χ2n) is 6.31. The minimum atomic E-state index is -1.04. The second kappa shape index (κ2) is 6.81. The molecule has 0 spiro atoms. The van der Waals surface area contributed by atoms with Gasteiger partial charge in [0.05, 0.1) is 13.0 Å². The van der Waals surface area contributed by atoms with Crippen molar-refractivity contribution in [3.63, 3.8) is 0 Å². The van der Waals surface area contributed by atoms with Crippen molar-refractivity contribution < 1.29 is 19.4 Å². The maximum absolute atomic E-state index is 12.0. The monoisotopic (exact) mass is 305 g/mol. The summed E-state index contributed by atoms with van der Waals surface area (Å²) in [6.45, 7) is 4.82. The molecule has 1 amide bonds. The lowest BCUT2D eigenvalue weighted by Crippen LogP contribution is -2.59. The molecule has 5 heteroatoms. The number of rotatable bonds is 7. The molecule has 1 saturated carbocycles. The van der Waals surface area contributed by atoms with Crippen molar-refractivity contribution in [3.8, 4) is 5.75 Å². The molecule has 22 heavy (non-hydrogen) atoms. The Bertz CT molecular complexity index is 532. The second-order valence-corrected chi connectivity index (χ2v) is 6.31. The predicted molar refractivity (Wildman–Crippen MR) is 82.8 cm³/mol. The molecule has 1 fully saturated rings. The highest BCUT2D eigenvalue weighted by molar-refractivity contribution is 5.88. The van der Waals surface area contributed by atoms with Gasteiger partial charge in [-0.3, -0.25) is 4.79 Å². The number of carboxylic acids is 1. The van der Waals surface area contributed by atoms with Crippen molar-refractivity contribution in [2.75, 3.05) is 6.61 Å². The number of amides is 1. The molecule has 0 radical (unpaired) electrons. The minimum absolute atomic E-state index is 0.180. The first-order valence-electron chi connectivity index (χ1n) is 7.67. The number of ether oxygens (including phenoxy) is 1. The molecule has 0 unspecified atom stereocenters. The van der Waals surface area contributed by atoms with Gasteiger partial charge in [0.1, 0.15) is 11.3 Å². The van der Waals surface area contributed by atoms with Crippen molar-refractivity contribution in [1.82, 2.24) is 5.32 Å². The van der Waals surface area contributed by atoms with E-state index < -0.39 is 11.5 Å². The molecule has 5 nitrogen and oxygen atoms in total. The Balaban J connectivity index is 1.88. The molecular formula is C17H23NO4. The van der Waals surface area contributed by atoms with Crippen LogP contribution in [0.1, 0.15) is 38.7 Å². The third kappa shape index (κ3) is 4.00. The van der Waals surface area contributed by atoms with Crippen molar-refractivity contribution in [2.24, 2.45) is 5.92 Å². The third-order valence-corrected chi connectivity index (χ3v) is 3.87. The van der Waals surface area contributed by atoms with Gasteiger partial charge in [0.2, 0.25) is 5.91 Å². The van der Waals surface area contributed by atoms with E-state index in [0.717, 1.165) is 17.7 Å². The van der Waals surface area contributed by atoms with Crippen LogP contribution in [0.4, 0.5) is 0 Å². The normalized spacial score (nSPS) is 16.0. The summed E-state index contributed by atoms with van der Waals surface area (Å²) in [5.41, 5.74) is -0.202. The summed E-state index contributed by atoms with van der Waals surface area (Å²) in [7, 11) is 0. The van der Waals surface area contributed by atoms with Crippen LogP contribution in [0, 0.1) is 5.92 Å². The van der Waals surface area contributed by atoms with Gasteiger partial charge in [-0.15, -0.1) is 0 Å². The average Bonchev–Trinajstić information content (AvgIpc) is 2.41. The van der Waals surface area contributed by atoms with Crippen molar-refractivity contribution in [3.05, 3.63) is 29.8 Å². The van der Waals surface area contributed by atoms with Crippen LogP contribution in [0.5, 0.6) is 5.75 Å². The van der Waals surface area contributed by atoms with Gasteiger partial charge < -0.3 is 15.2 Å². The standard InChI is InChI=1S/C17H23NO4/c1-12(2)11-22-14-6-4-13(5-7-14)10-15(19)18-17(16(20)21)8-3-9-17/h4-7,12H,3,8-11H2,1-2H3,(H,18,19)(H,20,21). The Morgan fingerprint density at radius 1 is 1.27 bits per heavy atom. The van der Waals surface area contributed by atoms with Gasteiger partial charge in [-0.1, -0.05) is 26.0 Å². The molecule has 0 saturated heterocycles. The Morgan fingerprint density at radius 2 is 1.91 bits per heavy atom. The third-order valence-electron chi connectivity index (χ3n) is 3.87. The molecule has 1 aliphatic carbocycles. The van der Waals surface area contributed by atoms with Crippen molar-refractivity contribution >= 4 is 11.9 Å². The van der Waals surface area contributed by atoms with Crippen LogP contribution in [-0.2, 0) is 16.0 Å². The van der Waals surface area contributed by atoms with Gasteiger partial charge in [-0.2, -0.15) is 0 Å². The molecule has 0 aliphatic heterocycles. The van der Waals surface area contributed by atoms with Crippen LogP contribution >= 0.6 is 0 Å². The lowest BCUT2D eigenvalue weighted by molar-refractivity contribution is -0.151. The maximum atomic E-state index is 12.0. The summed E-state index contributed by atoms with van der Waals surface area (Å²) in [4.78, 5) is 23.3. The summed E-state index contributed by atoms with van der Waals surface area (Å²) in [6, 6.07) is 7.34. The number of carbonyl (C=O) groups is 2. The van der Waals surface area contributed by atoms with E-state index in [1.165, 1.54) is 0 Å². The zero-order chi connectivity index (χ0) is 16.2. The molecule has 0 heterocycles. The smallest absolute Gasteiger partial charge is 0.329 e. The van der Waals surface area contributed by atoms with E-state index in [4.69, 9.17) is 4.74 Å². The zero-order valence-electron chi connectivity index (χ0n) is 13.1. The lowest BCUT2D eigenvalue weighted by Gasteiger charge is -2.38. The maximum Gasteiger partial charge on any atom is 0.329 e. The van der Waals surface area contributed by atoms with E-state index in [0.29, 0.717) is 25.4 Å². The van der Waals surface area contributed by atoms with Crippen LogP contribution in [0.25, 0.3) is 0 Å². The van der Waals surface area contributed by atoms with Crippen molar-refractivity contribution in [2.45, 2.75) is 45.1 Å². The van der Waals surface area contributed by atoms with E-state index in [1.54, 1.807) is 0 Å². The first-order chi connectivity index (χ1) is 10.4. The molecule has 120 valence electrons. The number of aliphatic carboxylic acids is 1.